The molecule has 0 amide bonds. The van der Waals surface area contributed by atoms with Gasteiger partial charge in [0, 0.05) is 5.56 Å². The normalized spacial score (nSPS) is 17.6. The molecule has 1 aromatic carbocycles. The Morgan fingerprint density at radius 2 is 2.00 bits per heavy atom. The number of carbonyl (C=O) groups is 3. The summed E-state index contributed by atoms with van der Waals surface area (Å²) in [5.41, 5.74) is 1.33. The molecule has 5 heteroatoms. The number of methoxy groups -OCH3 is 2. The Morgan fingerprint density at radius 1 is 1.26 bits per heavy atom. The Kier molecular flexibility index (Phi) is 3.64. The van der Waals surface area contributed by atoms with Gasteiger partial charge in [0.15, 0.2) is 5.78 Å². The average molecular weight is 262 g/mol. The topological polar surface area (TPSA) is 69.7 Å². The smallest absolute Gasteiger partial charge is 0.375 e. The highest BCUT2D eigenvalue weighted by atomic mass is 16.5. The molecule has 2 rings (SSSR count). The molecular formula is C14H14O5. The fraction of sp³-hybridized carbons (Fsp3) is 0.357. The molecule has 0 bridgehead atoms. The van der Waals surface area contributed by atoms with Crippen LogP contribution >= 0.6 is 0 Å². The summed E-state index contributed by atoms with van der Waals surface area (Å²) in [7, 11) is 2.68. The minimum atomic E-state index is -0.963. The number of ketones is 2. The van der Waals surface area contributed by atoms with Gasteiger partial charge in [-0.05, 0) is 36.6 Å². The molecule has 0 unspecified atom stereocenters. The first-order chi connectivity index (χ1) is 9.08. The van der Waals surface area contributed by atoms with Crippen LogP contribution in [0, 0.1) is 5.92 Å². The van der Waals surface area contributed by atoms with E-state index >= 15 is 0 Å². The van der Waals surface area contributed by atoms with Gasteiger partial charge in [-0.25, -0.2) is 4.79 Å². The van der Waals surface area contributed by atoms with Gasteiger partial charge in [0.05, 0.1) is 20.1 Å². The molecule has 100 valence electrons. The minimum absolute atomic E-state index is 0.320. The Balaban J connectivity index is 2.30. The first-order valence-corrected chi connectivity index (χ1v) is 5.91. The van der Waals surface area contributed by atoms with Crippen molar-refractivity contribution in [2.75, 3.05) is 14.2 Å². The van der Waals surface area contributed by atoms with Gasteiger partial charge in [0.25, 0.3) is 5.78 Å². The van der Waals surface area contributed by atoms with Gasteiger partial charge >= 0.3 is 5.97 Å². The van der Waals surface area contributed by atoms with E-state index in [4.69, 9.17) is 4.74 Å². The van der Waals surface area contributed by atoms with Gasteiger partial charge in [-0.2, -0.15) is 0 Å². The molecule has 0 saturated heterocycles. The zero-order valence-electron chi connectivity index (χ0n) is 10.8. The average Bonchev–Trinajstić information content (AvgIpc) is 2.45. The Labute approximate surface area is 110 Å². The molecule has 5 nitrogen and oxygen atoms in total. The number of hydrogen-bond donors (Lipinski definition) is 0. The zero-order chi connectivity index (χ0) is 14.0. The molecule has 0 spiro atoms. The Hall–Kier alpha value is -2.17. The standard InChI is InChI=1S/C14H14O5/c1-18-9-4-6-10-8(7-9)3-5-11(12(10)15)13(16)14(17)19-2/h4,6-7,11H,3,5H2,1-2H3/t11-/m0/s1. The van der Waals surface area contributed by atoms with Crippen LogP contribution in [0.1, 0.15) is 22.3 Å². The Morgan fingerprint density at radius 3 is 2.63 bits per heavy atom. The summed E-state index contributed by atoms with van der Waals surface area (Å²) in [6.45, 7) is 0. The van der Waals surface area contributed by atoms with Crippen LogP contribution < -0.4 is 4.74 Å². The van der Waals surface area contributed by atoms with Crippen molar-refractivity contribution in [3.63, 3.8) is 0 Å². The zero-order valence-corrected chi connectivity index (χ0v) is 10.8. The highest BCUT2D eigenvalue weighted by Gasteiger charge is 2.36. The van der Waals surface area contributed by atoms with Crippen molar-refractivity contribution in [3.8, 4) is 5.75 Å². The van der Waals surface area contributed by atoms with Crippen molar-refractivity contribution in [2.24, 2.45) is 5.92 Å². The Bertz CT molecular complexity index is 547. The number of Topliss-reactive ketones (excluding diaryl/α,β-unsaturated/α-hetero) is 2. The van der Waals surface area contributed by atoms with Gasteiger partial charge in [0.1, 0.15) is 5.75 Å². The van der Waals surface area contributed by atoms with Crippen molar-refractivity contribution >= 4 is 17.5 Å². The van der Waals surface area contributed by atoms with Crippen LogP contribution in [0.4, 0.5) is 0 Å². The van der Waals surface area contributed by atoms with E-state index < -0.39 is 17.7 Å². The number of ether oxygens (including phenoxy) is 2. The molecule has 1 aliphatic rings. The van der Waals surface area contributed by atoms with Crippen molar-refractivity contribution in [3.05, 3.63) is 29.3 Å². The van der Waals surface area contributed by atoms with Crippen LogP contribution in [0.2, 0.25) is 0 Å². The van der Waals surface area contributed by atoms with Crippen LogP contribution in [-0.4, -0.2) is 31.8 Å². The summed E-state index contributed by atoms with van der Waals surface area (Å²) < 4.78 is 9.47. The van der Waals surface area contributed by atoms with Gasteiger partial charge < -0.3 is 9.47 Å². The monoisotopic (exact) mass is 262 g/mol. The fourth-order valence-corrected chi connectivity index (χ4v) is 2.26. The third-order valence-corrected chi connectivity index (χ3v) is 3.30. The maximum absolute atomic E-state index is 12.2. The first-order valence-electron chi connectivity index (χ1n) is 5.91. The molecule has 0 saturated carbocycles. The number of rotatable bonds is 3. The summed E-state index contributed by atoms with van der Waals surface area (Å²) in [6.07, 6.45) is 0.888. The molecule has 19 heavy (non-hydrogen) atoms. The van der Waals surface area contributed by atoms with E-state index in [1.807, 2.05) is 0 Å². The molecule has 0 N–H and O–H groups in total. The summed E-state index contributed by atoms with van der Waals surface area (Å²) in [5, 5.41) is 0. The van der Waals surface area contributed by atoms with Crippen LogP contribution in [0.25, 0.3) is 0 Å². The van der Waals surface area contributed by atoms with Gasteiger partial charge in [-0.1, -0.05) is 0 Å². The van der Waals surface area contributed by atoms with Gasteiger partial charge in [0.2, 0.25) is 0 Å². The molecule has 0 aromatic heterocycles. The third kappa shape index (κ3) is 2.36. The van der Waals surface area contributed by atoms with Gasteiger partial charge in [-0.15, -0.1) is 0 Å². The maximum atomic E-state index is 12.2. The van der Waals surface area contributed by atoms with Gasteiger partial charge in [-0.3, -0.25) is 9.59 Å². The van der Waals surface area contributed by atoms with Crippen LogP contribution in [-0.2, 0) is 20.7 Å². The summed E-state index contributed by atoms with van der Waals surface area (Å²) >= 11 is 0. The van der Waals surface area contributed by atoms with E-state index in [1.54, 1.807) is 25.3 Å². The second-order valence-electron chi connectivity index (χ2n) is 4.33. The van der Waals surface area contributed by atoms with Crippen molar-refractivity contribution in [2.45, 2.75) is 12.8 Å². The molecule has 0 fully saturated rings. The molecule has 1 aliphatic carbocycles. The molecule has 0 radical (unpaired) electrons. The van der Waals surface area contributed by atoms with E-state index in [9.17, 15) is 14.4 Å². The lowest BCUT2D eigenvalue weighted by atomic mass is 9.80. The lowest BCUT2D eigenvalue weighted by molar-refractivity contribution is -0.153. The van der Waals surface area contributed by atoms with E-state index in [2.05, 4.69) is 4.74 Å². The van der Waals surface area contributed by atoms with Crippen molar-refractivity contribution < 1.29 is 23.9 Å². The van der Waals surface area contributed by atoms with Crippen LogP contribution in [0.5, 0.6) is 5.75 Å². The molecule has 0 aliphatic heterocycles. The lowest BCUT2D eigenvalue weighted by Gasteiger charge is -2.21. The fourth-order valence-electron chi connectivity index (χ4n) is 2.26. The second kappa shape index (κ2) is 5.22. The SMILES string of the molecule is COC(=O)C(=O)[C@H]1CCc2cc(OC)ccc2C1=O. The number of carbonyl (C=O) groups excluding carboxylic acids is 3. The van der Waals surface area contributed by atoms with Crippen molar-refractivity contribution in [1.29, 1.82) is 0 Å². The highest BCUT2D eigenvalue weighted by Crippen LogP contribution is 2.29. The van der Waals surface area contributed by atoms with E-state index in [0.29, 0.717) is 24.2 Å². The third-order valence-electron chi connectivity index (χ3n) is 3.30. The molecular weight excluding hydrogens is 248 g/mol. The second-order valence-corrected chi connectivity index (χ2v) is 4.33. The van der Waals surface area contributed by atoms with Crippen molar-refractivity contribution in [1.82, 2.24) is 0 Å². The van der Waals surface area contributed by atoms with E-state index in [-0.39, 0.29) is 5.78 Å². The predicted molar refractivity (Wildman–Crippen MR) is 66.2 cm³/mol. The molecule has 1 aromatic rings. The highest BCUT2D eigenvalue weighted by molar-refractivity contribution is 6.39. The largest absolute Gasteiger partial charge is 0.497 e. The number of esters is 1. The maximum Gasteiger partial charge on any atom is 0.375 e. The predicted octanol–water partition coefficient (Wildman–Crippen LogP) is 1.18. The first kappa shape index (κ1) is 13.3. The van der Waals surface area contributed by atoms with Crippen LogP contribution in [0.3, 0.4) is 0 Å². The number of fused-ring (bicyclic) bond motifs is 1. The number of benzene rings is 1. The lowest BCUT2D eigenvalue weighted by Crippen LogP contribution is -2.34. The van der Waals surface area contributed by atoms with Crippen LogP contribution in [0.15, 0.2) is 18.2 Å². The number of aryl methyl sites for hydroxylation is 1. The summed E-state index contributed by atoms with van der Waals surface area (Å²) in [6, 6.07) is 5.08. The van der Waals surface area contributed by atoms with E-state index in [0.717, 1.165) is 12.7 Å². The summed E-state index contributed by atoms with van der Waals surface area (Å²) in [5.74, 6) is -2.30. The number of hydrogen-bond acceptors (Lipinski definition) is 5. The minimum Gasteiger partial charge on any atom is -0.497 e. The molecule has 0 heterocycles. The van der Waals surface area contributed by atoms with E-state index in [1.165, 1.54) is 0 Å². The summed E-state index contributed by atoms with van der Waals surface area (Å²) in [4.78, 5) is 35.2. The quantitative estimate of drug-likeness (QED) is 0.465. The molecule has 1 atom stereocenters.